The molecule has 0 radical (unpaired) electrons. The monoisotopic (exact) mass is 432 g/mol. The zero-order valence-electron chi connectivity index (χ0n) is 15.5. The van der Waals surface area contributed by atoms with Gasteiger partial charge in [0, 0.05) is 25.0 Å². The number of nitrogens with one attached hydrogen (secondary N) is 1. The predicted octanol–water partition coefficient (Wildman–Crippen LogP) is 2.29. The fourth-order valence-corrected chi connectivity index (χ4v) is 5.83. The molecule has 6 nitrogen and oxygen atoms in total. The first-order chi connectivity index (χ1) is 12.8. The van der Waals surface area contributed by atoms with Crippen molar-refractivity contribution in [3.8, 4) is 0 Å². The topological polar surface area (TPSA) is 83.6 Å². The summed E-state index contributed by atoms with van der Waals surface area (Å²) in [4.78, 5) is 25.9. The van der Waals surface area contributed by atoms with E-state index in [9.17, 15) is 18.0 Å². The van der Waals surface area contributed by atoms with Gasteiger partial charge in [0.05, 0.1) is 11.0 Å². The van der Waals surface area contributed by atoms with E-state index in [1.807, 2.05) is 6.26 Å². The van der Waals surface area contributed by atoms with Crippen molar-refractivity contribution in [3.05, 3.63) is 34.9 Å². The van der Waals surface area contributed by atoms with Gasteiger partial charge in [-0.1, -0.05) is 29.8 Å². The highest BCUT2D eigenvalue weighted by Gasteiger charge is 2.35. The van der Waals surface area contributed by atoms with E-state index in [0.29, 0.717) is 23.6 Å². The number of carbonyl (C=O) groups is 2. The van der Waals surface area contributed by atoms with E-state index >= 15 is 0 Å². The molecular weight excluding hydrogens is 408 g/mol. The van der Waals surface area contributed by atoms with Gasteiger partial charge in [0.25, 0.3) is 0 Å². The van der Waals surface area contributed by atoms with Gasteiger partial charge in [0.2, 0.25) is 11.8 Å². The second-order valence-corrected chi connectivity index (χ2v) is 10.2. The van der Waals surface area contributed by atoms with Crippen LogP contribution in [-0.2, 0) is 19.4 Å². The summed E-state index contributed by atoms with van der Waals surface area (Å²) in [7, 11) is -3.44. The summed E-state index contributed by atoms with van der Waals surface area (Å²) < 4.78 is 25.5. The van der Waals surface area contributed by atoms with Crippen LogP contribution in [0.5, 0.6) is 0 Å². The van der Waals surface area contributed by atoms with Gasteiger partial charge in [-0.25, -0.2) is 8.42 Å². The maximum absolute atomic E-state index is 12.9. The second-order valence-electron chi connectivity index (χ2n) is 6.53. The van der Waals surface area contributed by atoms with Crippen molar-refractivity contribution in [3.63, 3.8) is 0 Å². The first-order valence-electron chi connectivity index (χ1n) is 8.77. The summed E-state index contributed by atoms with van der Waals surface area (Å²) in [6.45, 7) is 1.81. The van der Waals surface area contributed by atoms with Crippen LogP contribution < -0.4 is 5.32 Å². The van der Waals surface area contributed by atoms with Crippen LogP contribution in [0.4, 0.5) is 0 Å². The van der Waals surface area contributed by atoms with Crippen LogP contribution in [0.25, 0.3) is 0 Å². The van der Waals surface area contributed by atoms with E-state index in [4.69, 9.17) is 11.6 Å². The normalized spacial score (nSPS) is 20.6. The van der Waals surface area contributed by atoms with E-state index in [1.54, 1.807) is 40.9 Å². The summed E-state index contributed by atoms with van der Waals surface area (Å²) >= 11 is 7.80. The van der Waals surface area contributed by atoms with Gasteiger partial charge in [0.1, 0.15) is 6.04 Å². The molecule has 0 unspecified atom stereocenters. The Morgan fingerprint density at radius 3 is 2.67 bits per heavy atom. The number of hydrogen-bond donors (Lipinski definition) is 1. The van der Waals surface area contributed by atoms with Gasteiger partial charge >= 0.3 is 0 Å². The lowest BCUT2D eigenvalue weighted by atomic mass is 10.1. The maximum atomic E-state index is 12.9. The van der Waals surface area contributed by atoms with Crippen molar-refractivity contribution in [1.82, 2.24) is 10.2 Å². The summed E-state index contributed by atoms with van der Waals surface area (Å²) in [6.07, 6.45) is 2.73. The fraction of sp³-hybridized carbons (Fsp3) is 0.556. The van der Waals surface area contributed by atoms with Gasteiger partial charge in [-0.2, -0.15) is 11.8 Å². The van der Waals surface area contributed by atoms with Crippen LogP contribution in [-0.4, -0.2) is 62.0 Å². The lowest BCUT2D eigenvalue weighted by Crippen LogP contribution is -2.49. The fourth-order valence-electron chi connectivity index (χ4n) is 3.21. The van der Waals surface area contributed by atoms with Gasteiger partial charge in [-0.3, -0.25) is 9.59 Å². The third-order valence-corrected chi connectivity index (χ3v) is 7.69. The molecule has 0 bridgehead atoms. The predicted molar refractivity (Wildman–Crippen MR) is 110 cm³/mol. The molecule has 1 fully saturated rings. The van der Waals surface area contributed by atoms with Crippen LogP contribution in [0.2, 0.25) is 5.02 Å². The molecule has 2 rings (SSSR count). The molecule has 1 aliphatic rings. The lowest BCUT2D eigenvalue weighted by Gasteiger charge is -2.26. The minimum atomic E-state index is -3.44. The summed E-state index contributed by atoms with van der Waals surface area (Å²) in [5.74, 6) is 0.106. The molecule has 0 saturated carbocycles. The van der Waals surface area contributed by atoms with Crippen molar-refractivity contribution in [2.45, 2.75) is 31.1 Å². The Bertz CT molecular complexity index is 785. The number of benzene rings is 1. The molecule has 1 saturated heterocycles. The highest BCUT2D eigenvalue weighted by molar-refractivity contribution is 7.98. The molecule has 2 atom stereocenters. The minimum Gasteiger partial charge on any atom is -0.345 e. The van der Waals surface area contributed by atoms with E-state index in [0.717, 1.165) is 5.75 Å². The van der Waals surface area contributed by atoms with Crippen LogP contribution >= 0.6 is 23.4 Å². The average Bonchev–Trinajstić information content (AvgIpc) is 2.76. The van der Waals surface area contributed by atoms with Crippen molar-refractivity contribution >= 4 is 45.0 Å². The highest BCUT2D eigenvalue weighted by atomic mass is 35.5. The molecule has 27 heavy (non-hydrogen) atoms. The molecule has 1 N–H and O–H groups in total. The van der Waals surface area contributed by atoms with Crippen LogP contribution in [0, 0.1) is 0 Å². The Labute approximate surface area is 169 Å². The summed E-state index contributed by atoms with van der Waals surface area (Å²) in [5.41, 5.74) is 0.578. The Morgan fingerprint density at radius 2 is 2.04 bits per heavy atom. The Morgan fingerprint density at radius 1 is 1.33 bits per heavy atom. The summed E-state index contributed by atoms with van der Waals surface area (Å²) in [6, 6.07) is 6.29. The average molecular weight is 433 g/mol. The SMILES string of the molecule is CSCC[C@@H](NC(C)=O)C(=O)N1CC[C@@H](c2ccccc2Cl)S(=O)(=O)CC1. The highest BCUT2D eigenvalue weighted by Crippen LogP contribution is 2.34. The molecule has 150 valence electrons. The molecular formula is C18H25ClN2O4S2. The quantitative estimate of drug-likeness (QED) is 0.745. The number of halogens is 1. The van der Waals surface area contributed by atoms with Crippen molar-refractivity contribution < 1.29 is 18.0 Å². The number of sulfone groups is 1. The van der Waals surface area contributed by atoms with Crippen LogP contribution in [0.1, 0.15) is 30.6 Å². The molecule has 0 aromatic heterocycles. The lowest BCUT2D eigenvalue weighted by molar-refractivity contribution is -0.135. The molecule has 1 aliphatic heterocycles. The number of thioether (sulfide) groups is 1. The summed E-state index contributed by atoms with van der Waals surface area (Å²) in [5, 5.41) is 2.38. The Balaban J connectivity index is 2.19. The first kappa shape index (κ1) is 22.0. The van der Waals surface area contributed by atoms with E-state index in [2.05, 4.69) is 5.32 Å². The van der Waals surface area contributed by atoms with Crippen LogP contribution in [0.3, 0.4) is 0 Å². The van der Waals surface area contributed by atoms with Gasteiger partial charge < -0.3 is 10.2 Å². The standard InChI is InChI=1S/C18H25ClN2O4S2/c1-13(22)20-16(8-11-26-2)18(23)21-9-7-17(27(24,25)12-10-21)14-5-3-4-6-15(14)19/h3-6,16-17H,7-12H2,1-2H3,(H,20,22)/t16-,17+/m1/s1. The van der Waals surface area contributed by atoms with E-state index in [1.165, 1.54) is 6.92 Å². The largest absolute Gasteiger partial charge is 0.345 e. The molecule has 0 spiro atoms. The zero-order chi connectivity index (χ0) is 20.0. The smallest absolute Gasteiger partial charge is 0.245 e. The van der Waals surface area contributed by atoms with Crippen molar-refractivity contribution in [2.75, 3.05) is 30.9 Å². The minimum absolute atomic E-state index is 0.121. The number of carbonyl (C=O) groups excluding carboxylic acids is 2. The van der Waals surface area contributed by atoms with Crippen molar-refractivity contribution in [1.29, 1.82) is 0 Å². The number of hydrogen-bond acceptors (Lipinski definition) is 5. The number of amides is 2. The van der Waals surface area contributed by atoms with E-state index in [-0.39, 0.29) is 30.5 Å². The maximum Gasteiger partial charge on any atom is 0.245 e. The second kappa shape index (κ2) is 9.80. The Kier molecular flexibility index (Phi) is 8.00. The zero-order valence-corrected chi connectivity index (χ0v) is 17.9. The molecule has 9 heteroatoms. The molecule has 0 aliphatic carbocycles. The first-order valence-corrected chi connectivity index (χ1v) is 12.3. The molecule has 1 heterocycles. The van der Waals surface area contributed by atoms with Gasteiger partial charge in [-0.15, -0.1) is 0 Å². The van der Waals surface area contributed by atoms with Gasteiger partial charge in [0.15, 0.2) is 9.84 Å². The third-order valence-electron chi connectivity index (χ3n) is 4.59. The number of rotatable bonds is 6. The molecule has 1 aromatic carbocycles. The van der Waals surface area contributed by atoms with E-state index < -0.39 is 21.1 Å². The van der Waals surface area contributed by atoms with Gasteiger partial charge in [-0.05, 0) is 36.5 Å². The third kappa shape index (κ3) is 5.86. The Hall–Kier alpha value is -1.25. The molecule has 1 aromatic rings. The van der Waals surface area contributed by atoms with Crippen molar-refractivity contribution in [2.24, 2.45) is 0 Å². The van der Waals surface area contributed by atoms with Crippen LogP contribution in [0.15, 0.2) is 24.3 Å². The molecule has 2 amide bonds. The number of nitrogens with zero attached hydrogens (tertiary/aromatic N) is 1.